The lowest BCUT2D eigenvalue weighted by Gasteiger charge is -2.45. The van der Waals surface area contributed by atoms with Gasteiger partial charge in [-0.15, -0.1) is 0 Å². The van der Waals surface area contributed by atoms with Gasteiger partial charge in [-0.3, -0.25) is 19.5 Å². The first-order valence-electron chi connectivity index (χ1n) is 12.8. The van der Waals surface area contributed by atoms with Crippen LogP contribution in [0.2, 0.25) is 0 Å². The fraction of sp³-hybridized carbons (Fsp3) is 0.233. The number of pyridine rings is 1. The summed E-state index contributed by atoms with van der Waals surface area (Å²) < 4.78 is 0. The van der Waals surface area contributed by atoms with Crippen molar-refractivity contribution < 1.29 is 9.59 Å². The lowest BCUT2D eigenvalue weighted by molar-refractivity contribution is 0.0382. The molecule has 1 aliphatic heterocycles. The molecule has 1 aliphatic rings. The molecule has 5 rings (SSSR count). The average molecular weight is 509 g/mol. The summed E-state index contributed by atoms with van der Waals surface area (Å²) in [6, 6.07) is 24.1. The van der Waals surface area contributed by atoms with Crippen LogP contribution in [0.5, 0.6) is 0 Å². The van der Waals surface area contributed by atoms with E-state index in [0.717, 1.165) is 16.7 Å². The van der Waals surface area contributed by atoms with Gasteiger partial charge in [0.2, 0.25) is 0 Å². The molecule has 2 aromatic carbocycles. The van der Waals surface area contributed by atoms with Gasteiger partial charge in [-0.05, 0) is 35.7 Å². The van der Waals surface area contributed by atoms with Crippen molar-refractivity contribution in [3.63, 3.8) is 0 Å². The molecule has 1 atom stereocenters. The molecule has 0 radical (unpaired) electrons. The maximum atomic E-state index is 13.4. The number of anilines is 1. The number of nitrogens with one attached hydrogen (secondary N) is 2. The predicted molar refractivity (Wildman–Crippen MR) is 148 cm³/mol. The van der Waals surface area contributed by atoms with E-state index in [1.54, 1.807) is 18.5 Å². The van der Waals surface area contributed by atoms with Crippen molar-refractivity contribution in [3.05, 3.63) is 119 Å². The van der Waals surface area contributed by atoms with Gasteiger partial charge in [-0.2, -0.15) is 0 Å². The summed E-state index contributed by atoms with van der Waals surface area (Å²) in [6.45, 7) is 3.92. The van der Waals surface area contributed by atoms with Crippen LogP contribution >= 0.6 is 0 Å². The van der Waals surface area contributed by atoms with E-state index < -0.39 is 0 Å². The Balaban J connectivity index is 1.45. The number of H-pyrrole nitrogens is 1. The van der Waals surface area contributed by atoms with Crippen LogP contribution in [-0.4, -0.2) is 63.8 Å². The molecule has 38 heavy (non-hydrogen) atoms. The normalized spacial score (nSPS) is 15.9. The summed E-state index contributed by atoms with van der Waals surface area (Å²) in [5.74, 6) is -0.274. The maximum absolute atomic E-state index is 13.4. The minimum absolute atomic E-state index is 0.0298. The Morgan fingerprint density at radius 2 is 1.71 bits per heavy atom. The molecule has 0 bridgehead atoms. The van der Waals surface area contributed by atoms with Crippen LogP contribution in [0, 0.1) is 6.92 Å². The third kappa shape index (κ3) is 5.45. The number of nitrogens with two attached hydrogens (primary N) is 1. The summed E-state index contributed by atoms with van der Waals surface area (Å²) in [5, 5.41) is 3.11. The Hall–Kier alpha value is -4.43. The number of piperazine rings is 1. The molecule has 1 fully saturated rings. The van der Waals surface area contributed by atoms with Gasteiger partial charge in [0.25, 0.3) is 11.8 Å². The van der Waals surface area contributed by atoms with Crippen LogP contribution in [-0.2, 0) is 0 Å². The van der Waals surface area contributed by atoms with Gasteiger partial charge in [0.1, 0.15) is 5.69 Å². The molecular formula is C30H32N6O2. The number of benzene rings is 2. The number of aryl methyl sites for hydroxylation is 1. The highest BCUT2D eigenvalue weighted by Crippen LogP contribution is 2.32. The molecular weight excluding hydrogens is 476 g/mol. The second-order valence-electron chi connectivity index (χ2n) is 9.62. The van der Waals surface area contributed by atoms with Crippen LogP contribution in [0.1, 0.15) is 43.6 Å². The zero-order valence-electron chi connectivity index (χ0n) is 21.4. The van der Waals surface area contributed by atoms with Gasteiger partial charge < -0.3 is 20.9 Å². The third-order valence-electron chi connectivity index (χ3n) is 7.06. The minimum Gasteiger partial charge on any atom is -0.397 e. The van der Waals surface area contributed by atoms with E-state index in [1.807, 2.05) is 54.3 Å². The molecule has 8 nitrogen and oxygen atoms in total. The Bertz CT molecular complexity index is 1350. The number of carbonyl (C=O) groups is 2. The second-order valence-corrected chi connectivity index (χ2v) is 9.62. The number of carbonyl (C=O) groups excluding carboxylic acids is 2. The van der Waals surface area contributed by atoms with E-state index in [2.05, 4.69) is 44.5 Å². The highest BCUT2D eigenvalue weighted by Gasteiger charge is 2.36. The van der Waals surface area contributed by atoms with E-state index >= 15 is 0 Å². The lowest BCUT2D eigenvalue weighted by Crippen LogP contribution is -2.59. The maximum Gasteiger partial charge on any atom is 0.268 e. The second kappa shape index (κ2) is 11.3. The fourth-order valence-corrected chi connectivity index (χ4v) is 5.17. The number of nitrogens with zero attached hydrogens (tertiary/aromatic N) is 3. The van der Waals surface area contributed by atoms with Gasteiger partial charge in [0.15, 0.2) is 0 Å². The summed E-state index contributed by atoms with van der Waals surface area (Å²) in [4.78, 5) is 37.7. The average Bonchev–Trinajstić information content (AvgIpc) is 3.39. The summed E-state index contributed by atoms with van der Waals surface area (Å²) in [6.07, 6.45) is 4.84. The van der Waals surface area contributed by atoms with E-state index in [9.17, 15) is 9.59 Å². The number of nitrogen functional groups attached to an aromatic ring is 1. The largest absolute Gasteiger partial charge is 0.397 e. The highest BCUT2D eigenvalue weighted by molar-refractivity contribution is 5.95. The Morgan fingerprint density at radius 3 is 2.32 bits per heavy atom. The molecule has 4 N–H and O–H groups in total. The molecule has 194 valence electrons. The molecule has 8 heteroatoms. The number of hydrogen-bond donors (Lipinski definition) is 3. The first-order chi connectivity index (χ1) is 18.5. The van der Waals surface area contributed by atoms with Crippen LogP contribution in [0.3, 0.4) is 0 Å². The number of aromatic amines is 1. The number of amides is 2. The van der Waals surface area contributed by atoms with Gasteiger partial charge in [0.05, 0.1) is 17.3 Å². The van der Waals surface area contributed by atoms with Crippen LogP contribution in [0.15, 0.2) is 91.4 Å². The van der Waals surface area contributed by atoms with E-state index in [1.165, 1.54) is 6.20 Å². The summed E-state index contributed by atoms with van der Waals surface area (Å²) >= 11 is 0. The van der Waals surface area contributed by atoms with Crippen molar-refractivity contribution in [1.82, 2.24) is 25.1 Å². The summed E-state index contributed by atoms with van der Waals surface area (Å²) in [5.41, 5.74) is 10.6. The van der Waals surface area contributed by atoms with Gasteiger partial charge in [-0.1, -0.05) is 60.7 Å². The molecule has 1 unspecified atom stereocenters. The molecule has 0 spiro atoms. The Kier molecular flexibility index (Phi) is 7.51. The lowest BCUT2D eigenvalue weighted by atomic mass is 9.94. The van der Waals surface area contributed by atoms with Crippen molar-refractivity contribution in [2.24, 2.45) is 0 Å². The molecule has 4 aromatic rings. The number of aromatic nitrogens is 2. The van der Waals surface area contributed by atoms with Crippen LogP contribution in [0.4, 0.5) is 5.69 Å². The zero-order valence-corrected chi connectivity index (χ0v) is 21.4. The molecule has 2 amide bonds. The first kappa shape index (κ1) is 25.2. The van der Waals surface area contributed by atoms with Gasteiger partial charge in [-0.25, -0.2) is 0 Å². The highest BCUT2D eigenvalue weighted by atomic mass is 16.2. The Labute approximate surface area is 222 Å². The smallest absolute Gasteiger partial charge is 0.268 e. The van der Waals surface area contributed by atoms with Gasteiger partial charge in [0, 0.05) is 50.8 Å². The van der Waals surface area contributed by atoms with E-state index in [4.69, 9.17) is 5.73 Å². The predicted octanol–water partition coefficient (Wildman–Crippen LogP) is 3.65. The van der Waals surface area contributed by atoms with Crippen molar-refractivity contribution in [3.8, 4) is 0 Å². The number of rotatable bonds is 7. The van der Waals surface area contributed by atoms with Crippen LogP contribution < -0.4 is 11.1 Å². The van der Waals surface area contributed by atoms with Crippen LogP contribution in [0.25, 0.3) is 0 Å². The standard InChI is InChI=1S/C30H32N6O2/c1-21-12-13-33-27(21)29(37)34-19-26-20-35(30(38)24-16-25(31)18-32-17-24)14-15-36(26)28(22-8-4-2-5-9-22)23-10-6-3-7-11-23/h2-13,16-18,26,28,33H,14-15,19-20,31H2,1H3,(H,34,37). The zero-order chi connectivity index (χ0) is 26.5. The molecule has 0 saturated carbocycles. The van der Waals surface area contributed by atoms with Crippen molar-refractivity contribution in [2.75, 3.05) is 31.9 Å². The van der Waals surface area contributed by atoms with Crippen molar-refractivity contribution in [2.45, 2.75) is 19.0 Å². The Morgan fingerprint density at radius 1 is 1.03 bits per heavy atom. The SMILES string of the molecule is Cc1cc[nH]c1C(=O)NCC1CN(C(=O)c2cncc(N)c2)CCN1C(c1ccccc1)c1ccccc1. The molecule has 2 aromatic heterocycles. The monoisotopic (exact) mass is 508 g/mol. The van der Waals surface area contributed by atoms with Gasteiger partial charge >= 0.3 is 0 Å². The van der Waals surface area contributed by atoms with E-state index in [0.29, 0.717) is 43.1 Å². The van der Waals surface area contributed by atoms with Crippen molar-refractivity contribution in [1.29, 1.82) is 0 Å². The fourth-order valence-electron chi connectivity index (χ4n) is 5.17. The summed E-state index contributed by atoms with van der Waals surface area (Å²) in [7, 11) is 0. The topological polar surface area (TPSA) is 107 Å². The molecule has 1 saturated heterocycles. The quantitative estimate of drug-likeness (QED) is 0.353. The molecule has 3 heterocycles. The van der Waals surface area contributed by atoms with E-state index in [-0.39, 0.29) is 23.9 Å². The molecule has 0 aliphatic carbocycles. The minimum atomic E-state index is -0.160. The number of hydrogen-bond acceptors (Lipinski definition) is 5. The third-order valence-corrected chi connectivity index (χ3v) is 7.06. The van der Waals surface area contributed by atoms with Crippen molar-refractivity contribution >= 4 is 17.5 Å². The first-order valence-corrected chi connectivity index (χ1v) is 12.8.